The summed E-state index contributed by atoms with van der Waals surface area (Å²) >= 11 is 17.3. The summed E-state index contributed by atoms with van der Waals surface area (Å²) in [4.78, 5) is 0. The number of aryl methyl sites for hydroxylation is 2. The van der Waals surface area contributed by atoms with Crippen LogP contribution in [0.4, 0.5) is 0 Å². The number of hydrogen-bond donors (Lipinski definition) is 0. The van der Waals surface area contributed by atoms with Gasteiger partial charge in [-0.1, -0.05) is 34.8 Å². The topological polar surface area (TPSA) is 8.81 Å². The molecule has 1 rings (SSSR count). The first-order valence-corrected chi connectivity index (χ1v) is 4.57. The van der Waals surface area contributed by atoms with Gasteiger partial charge in [0.25, 0.3) is 0 Å². The maximum absolute atomic E-state index is 5.78. The van der Waals surface area contributed by atoms with Crippen molar-refractivity contribution in [3.63, 3.8) is 0 Å². The average Bonchev–Trinajstić information content (AvgIpc) is 2.05. The lowest BCUT2D eigenvalue weighted by Crippen LogP contribution is -3.00. The molecule has 1 aromatic rings. The minimum absolute atomic E-state index is 0. The molecular formula is C7H10Cl4N2. The second-order valence-electron chi connectivity index (χ2n) is 2.76. The van der Waals surface area contributed by atoms with Crippen LogP contribution >= 0.6 is 34.8 Å². The van der Waals surface area contributed by atoms with E-state index < -0.39 is 3.79 Å². The summed E-state index contributed by atoms with van der Waals surface area (Å²) < 4.78 is 2.33. The van der Waals surface area contributed by atoms with Gasteiger partial charge in [0.05, 0.1) is 7.05 Å². The zero-order valence-corrected chi connectivity index (χ0v) is 10.5. The van der Waals surface area contributed by atoms with Crippen LogP contribution in [-0.2, 0) is 17.9 Å². The molecule has 0 amide bonds. The van der Waals surface area contributed by atoms with Gasteiger partial charge in [-0.05, 0) is 6.92 Å². The summed E-state index contributed by atoms with van der Waals surface area (Å²) in [6.45, 7) is 1.91. The first-order chi connectivity index (χ1) is 5.34. The first kappa shape index (κ1) is 13.4. The molecule has 1 heterocycles. The highest BCUT2D eigenvalue weighted by molar-refractivity contribution is 6.66. The first-order valence-electron chi connectivity index (χ1n) is 3.43. The summed E-state index contributed by atoms with van der Waals surface area (Å²) in [5.74, 6) is 0. The van der Waals surface area contributed by atoms with Crippen molar-refractivity contribution in [1.82, 2.24) is 4.68 Å². The number of nitrogens with zero attached hydrogens (tertiary/aromatic N) is 2. The van der Waals surface area contributed by atoms with Gasteiger partial charge in [-0.3, -0.25) is 0 Å². The van der Waals surface area contributed by atoms with Gasteiger partial charge in [0.15, 0.2) is 13.2 Å². The molecule has 2 nitrogen and oxygen atoms in total. The third kappa shape index (κ3) is 2.66. The van der Waals surface area contributed by atoms with Crippen LogP contribution in [0.1, 0.15) is 11.3 Å². The second-order valence-corrected chi connectivity index (χ2v) is 5.04. The van der Waals surface area contributed by atoms with Crippen molar-refractivity contribution in [2.45, 2.75) is 10.7 Å². The van der Waals surface area contributed by atoms with Crippen molar-refractivity contribution in [2.24, 2.45) is 14.1 Å². The summed E-state index contributed by atoms with van der Waals surface area (Å²) in [6, 6.07) is 0. The van der Waals surface area contributed by atoms with Crippen molar-refractivity contribution in [3.05, 3.63) is 17.5 Å². The standard InChI is InChI=1S/C7H10Cl3N2.ClH/c1-5-4-11(2)12(3)6(5)7(8,9)10;/h4H,1-3H3;1H/q+1;/p-1. The molecule has 0 atom stereocenters. The van der Waals surface area contributed by atoms with Gasteiger partial charge in [0.1, 0.15) is 5.69 Å². The molecule has 0 aliphatic rings. The molecule has 76 valence electrons. The Hall–Kier alpha value is 0.370. The predicted molar refractivity (Wildman–Crippen MR) is 50.6 cm³/mol. The van der Waals surface area contributed by atoms with Crippen LogP contribution in [0.15, 0.2) is 6.20 Å². The highest BCUT2D eigenvalue weighted by Crippen LogP contribution is 2.38. The van der Waals surface area contributed by atoms with Crippen LogP contribution in [0.3, 0.4) is 0 Å². The Morgan fingerprint density at radius 3 is 2.00 bits per heavy atom. The average molecular weight is 264 g/mol. The van der Waals surface area contributed by atoms with Crippen molar-refractivity contribution in [3.8, 4) is 0 Å². The van der Waals surface area contributed by atoms with E-state index in [1.807, 2.05) is 36.6 Å². The van der Waals surface area contributed by atoms with Gasteiger partial charge >= 0.3 is 0 Å². The predicted octanol–water partition coefficient (Wildman–Crippen LogP) is -1.01. The van der Waals surface area contributed by atoms with E-state index in [0.29, 0.717) is 5.69 Å². The van der Waals surface area contributed by atoms with Crippen LogP contribution in [0, 0.1) is 6.92 Å². The van der Waals surface area contributed by atoms with Gasteiger partial charge in [0.2, 0.25) is 3.79 Å². The highest BCUT2D eigenvalue weighted by Gasteiger charge is 2.32. The number of aromatic nitrogens is 2. The Morgan fingerprint density at radius 1 is 1.38 bits per heavy atom. The molecule has 0 N–H and O–H groups in total. The van der Waals surface area contributed by atoms with E-state index >= 15 is 0 Å². The Labute approximate surface area is 98.8 Å². The van der Waals surface area contributed by atoms with Crippen LogP contribution in [0.2, 0.25) is 0 Å². The fraction of sp³-hybridized carbons (Fsp3) is 0.571. The minimum atomic E-state index is -1.35. The molecule has 6 heteroatoms. The molecule has 1 aromatic heterocycles. The maximum Gasteiger partial charge on any atom is 0.236 e. The van der Waals surface area contributed by atoms with E-state index in [4.69, 9.17) is 34.8 Å². The Kier molecular flexibility index (Phi) is 4.38. The molecule has 0 saturated heterocycles. The van der Waals surface area contributed by atoms with Crippen LogP contribution in [-0.4, -0.2) is 4.68 Å². The van der Waals surface area contributed by atoms with Gasteiger partial charge in [-0.15, -0.1) is 4.68 Å². The third-order valence-corrected chi connectivity index (χ3v) is 2.36. The maximum atomic E-state index is 5.78. The molecule has 0 bridgehead atoms. The lowest BCUT2D eigenvalue weighted by Gasteiger charge is -2.09. The second kappa shape index (κ2) is 4.26. The summed E-state index contributed by atoms with van der Waals surface area (Å²) in [5.41, 5.74) is 1.68. The number of rotatable bonds is 0. The van der Waals surface area contributed by atoms with Gasteiger partial charge in [-0.25, -0.2) is 0 Å². The highest BCUT2D eigenvalue weighted by atomic mass is 35.6. The molecule has 0 saturated carbocycles. The summed E-state index contributed by atoms with van der Waals surface area (Å²) in [6.07, 6.45) is 1.91. The fourth-order valence-electron chi connectivity index (χ4n) is 1.25. The molecule has 0 aliphatic carbocycles. The fourth-order valence-corrected chi connectivity index (χ4v) is 2.06. The minimum Gasteiger partial charge on any atom is -1.00 e. The van der Waals surface area contributed by atoms with Gasteiger partial charge in [-0.2, -0.15) is 4.68 Å². The third-order valence-electron chi connectivity index (χ3n) is 1.82. The largest absolute Gasteiger partial charge is 1.00 e. The zero-order chi connectivity index (χ0) is 9.52. The SMILES string of the molecule is Cc1c[n+](C)n(C)c1C(Cl)(Cl)Cl.[Cl-]. The molecule has 0 aliphatic heterocycles. The van der Waals surface area contributed by atoms with E-state index in [9.17, 15) is 0 Å². The van der Waals surface area contributed by atoms with E-state index in [1.54, 1.807) is 0 Å². The van der Waals surface area contributed by atoms with Crippen molar-refractivity contribution >= 4 is 34.8 Å². The molecule has 0 unspecified atom stereocenters. The van der Waals surface area contributed by atoms with Crippen LogP contribution in [0.5, 0.6) is 0 Å². The Bertz CT molecular complexity index is 300. The van der Waals surface area contributed by atoms with E-state index in [2.05, 4.69) is 0 Å². The van der Waals surface area contributed by atoms with E-state index in [0.717, 1.165) is 5.56 Å². The van der Waals surface area contributed by atoms with Gasteiger partial charge < -0.3 is 12.4 Å². The molecule has 0 spiro atoms. The van der Waals surface area contributed by atoms with Crippen molar-refractivity contribution in [2.75, 3.05) is 0 Å². The Balaban J connectivity index is 0.00000144. The molecule has 0 aromatic carbocycles. The monoisotopic (exact) mass is 262 g/mol. The molecule has 0 fully saturated rings. The van der Waals surface area contributed by atoms with Gasteiger partial charge in [0, 0.05) is 5.56 Å². The zero-order valence-electron chi connectivity index (χ0n) is 7.48. The van der Waals surface area contributed by atoms with Crippen LogP contribution in [0.25, 0.3) is 0 Å². The number of halogens is 4. The molecular weight excluding hydrogens is 254 g/mol. The lowest BCUT2D eigenvalue weighted by molar-refractivity contribution is -0.751. The van der Waals surface area contributed by atoms with Crippen molar-refractivity contribution in [1.29, 1.82) is 0 Å². The quantitative estimate of drug-likeness (QED) is 0.419. The summed E-state index contributed by atoms with van der Waals surface area (Å²) in [5, 5.41) is 0. The summed E-state index contributed by atoms with van der Waals surface area (Å²) in [7, 11) is 3.75. The number of hydrogen-bond acceptors (Lipinski definition) is 0. The lowest BCUT2D eigenvalue weighted by atomic mass is 10.3. The van der Waals surface area contributed by atoms with Crippen molar-refractivity contribution < 1.29 is 17.1 Å². The van der Waals surface area contributed by atoms with E-state index in [1.165, 1.54) is 0 Å². The van der Waals surface area contributed by atoms with E-state index in [-0.39, 0.29) is 12.4 Å². The normalized spacial score (nSPS) is 11.2. The molecule has 13 heavy (non-hydrogen) atoms. The number of alkyl halides is 3. The molecule has 0 radical (unpaired) electrons. The van der Waals surface area contributed by atoms with Crippen LogP contribution < -0.4 is 17.1 Å². The smallest absolute Gasteiger partial charge is 0.236 e. The Morgan fingerprint density at radius 2 is 1.85 bits per heavy atom.